The quantitative estimate of drug-likeness (QED) is 0.727. The predicted octanol–water partition coefficient (Wildman–Crippen LogP) is 2.50. The highest BCUT2D eigenvalue weighted by Crippen LogP contribution is 2.29. The molecule has 0 fully saturated rings. The maximum absolute atomic E-state index is 11.6. The van der Waals surface area contributed by atoms with Gasteiger partial charge in [0.15, 0.2) is 0 Å². The molecule has 1 amide bonds. The third-order valence-corrected chi connectivity index (χ3v) is 2.66. The zero-order valence-corrected chi connectivity index (χ0v) is 9.17. The minimum absolute atomic E-state index is 0.0335. The third kappa shape index (κ3) is 2.05. The molecule has 1 aliphatic heterocycles. The standard InChI is InChI=1S/C12H14N2O2/c1-16-12(15)14-8-3-2-6-11(14)10-5-4-7-13-9-10/h3-5,7-9,11H,2,6H2,1H3. The molecule has 2 heterocycles. The Morgan fingerprint density at radius 3 is 3.19 bits per heavy atom. The Morgan fingerprint density at radius 1 is 1.62 bits per heavy atom. The van der Waals surface area contributed by atoms with Crippen molar-refractivity contribution in [3.05, 3.63) is 42.4 Å². The van der Waals surface area contributed by atoms with Crippen LogP contribution in [0.25, 0.3) is 0 Å². The summed E-state index contributed by atoms with van der Waals surface area (Å²) in [5.74, 6) is 0. The molecule has 1 aliphatic rings. The highest BCUT2D eigenvalue weighted by atomic mass is 16.5. The van der Waals surface area contributed by atoms with Gasteiger partial charge >= 0.3 is 6.09 Å². The Bertz CT molecular complexity index is 389. The SMILES string of the molecule is COC(=O)N1C=CCCC1c1cccnc1. The van der Waals surface area contributed by atoms with Gasteiger partial charge in [0.25, 0.3) is 0 Å². The van der Waals surface area contributed by atoms with E-state index >= 15 is 0 Å². The van der Waals surface area contributed by atoms with E-state index in [-0.39, 0.29) is 12.1 Å². The van der Waals surface area contributed by atoms with Crippen molar-refractivity contribution in [3.63, 3.8) is 0 Å². The number of pyridine rings is 1. The summed E-state index contributed by atoms with van der Waals surface area (Å²) in [7, 11) is 1.39. The fourth-order valence-electron chi connectivity index (χ4n) is 1.88. The molecule has 84 valence electrons. The highest BCUT2D eigenvalue weighted by Gasteiger charge is 2.25. The number of nitrogens with zero attached hydrogens (tertiary/aromatic N) is 2. The maximum Gasteiger partial charge on any atom is 0.414 e. The number of allylic oxidation sites excluding steroid dienone is 1. The lowest BCUT2D eigenvalue weighted by atomic mass is 10.0. The molecule has 0 aromatic carbocycles. The molecule has 1 aromatic heterocycles. The van der Waals surface area contributed by atoms with E-state index in [1.54, 1.807) is 23.5 Å². The Morgan fingerprint density at radius 2 is 2.50 bits per heavy atom. The Kier molecular flexibility index (Phi) is 3.19. The van der Waals surface area contributed by atoms with Gasteiger partial charge in [-0.2, -0.15) is 0 Å². The van der Waals surface area contributed by atoms with E-state index in [2.05, 4.69) is 4.98 Å². The summed E-state index contributed by atoms with van der Waals surface area (Å²) in [5.41, 5.74) is 1.04. The molecule has 1 atom stereocenters. The molecule has 0 aliphatic carbocycles. The molecule has 0 bridgehead atoms. The van der Waals surface area contributed by atoms with Crippen LogP contribution in [0.1, 0.15) is 24.4 Å². The van der Waals surface area contributed by atoms with Crippen molar-refractivity contribution in [2.75, 3.05) is 7.11 Å². The molecular formula is C12H14N2O2. The van der Waals surface area contributed by atoms with Crippen LogP contribution in [-0.4, -0.2) is 23.1 Å². The lowest BCUT2D eigenvalue weighted by molar-refractivity contribution is 0.121. The van der Waals surface area contributed by atoms with Crippen molar-refractivity contribution in [1.29, 1.82) is 0 Å². The second-order valence-corrected chi connectivity index (χ2v) is 3.64. The molecular weight excluding hydrogens is 204 g/mol. The fraction of sp³-hybridized carbons (Fsp3) is 0.333. The number of hydrogen-bond acceptors (Lipinski definition) is 3. The molecule has 4 heteroatoms. The first-order valence-corrected chi connectivity index (χ1v) is 5.26. The molecule has 4 nitrogen and oxygen atoms in total. The average Bonchev–Trinajstić information content (AvgIpc) is 2.39. The highest BCUT2D eigenvalue weighted by molar-refractivity contribution is 5.69. The van der Waals surface area contributed by atoms with Gasteiger partial charge in [-0.1, -0.05) is 12.1 Å². The number of amides is 1. The molecule has 1 aromatic rings. The van der Waals surface area contributed by atoms with Gasteiger partial charge in [0.05, 0.1) is 13.2 Å². The first kappa shape index (κ1) is 10.7. The van der Waals surface area contributed by atoms with E-state index in [9.17, 15) is 4.79 Å². The Hall–Kier alpha value is -1.84. The van der Waals surface area contributed by atoms with Gasteiger partial charge in [-0.25, -0.2) is 4.79 Å². The zero-order chi connectivity index (χ0) is 11.4. The smallest absolute Gasteiger partial charge is 0.414 e. The van der Waals surface area contributed by atoms with Gasteiger partial charge in [0.1, 0.15) is 0 Å². The van der Waals surface area contributed by atoms with Gasteiger partial charge in [-0.3, -0.25) is 9.88 Å². The van der Waals surface area contributed by atoms with Crippen molar-refractivity contribution in [1.82, 2.24) is 9.88 Å². The summed E-state index contributed by atoms with van der Waals surface area (Å²) in [6, 6.07) is 3.89. The first-order chi connectivity index (χ1) is 7.83. The van der Waals surface area contributed by atoms with Crippen molar-refractivity contribution in [2.24, 2.45) is 0 Å². The van der Waals surface area contributed by atoms with Gasteiger partial charge in [-0.15, -0.1) is 0 Å². The van der Waals surface area contributed by atoms with E-state index in [1.807, 2.05) is 18.2 Å². The summed E-state index contributed by atoms with van der Waals surface area (Å²) in [6.07, 6.45) is 8.82. The summed E-state index contributed by atoms with van der Waals surface area (Å²) < 4.78 is 4.76. The van der Waals surface area contributed by atoms with Gasteiger partial charge in [0.2, 0.25) is 0 Å². The lowest BCUT2D eigenvalue weighted by Crippen LogP contribution is -2.31. The average molecular weight is 218 g/mol. The number of aromatic nitrogens is 1. The number of hydrogen-bond donors (Lipinski definition) is 0. The number of ether oxygens (including phenoxy) is 1. The number of carbonyl (C=O) groups is 1. The van der Waals surface area contributed by atoms with Crippen LogP contribution in [0.15, 0.2) is 36.8 Å². The molecule has 1 unspecified atom stereocenters. The molecule has 16 heavy (non-hydrogen) atoms. The van der Waals surface area contributed by atoms with E-state index in [4.69, 9.17) is 4.74 Å². The monoisotopic (exact) mass is 218 g/mol. The van der Waals surface area contributed by atoms with Crippen LogP contribution in [0.5, 0.6) is 0 Å². The number of methoxy groups -OCH3 is 1. The second-order valence-electron chi connectivity index (χ2n) is 3.64. The molecule has 0 saturated heterocycles. The summed E-state index contributed by atoms with van der Waals surface area (Å²) in [6.45, 7) is 0. The van der Waals surface area contributed by atoms with Crippen molar-refractivity contribution in [3.8, 4) is 0 Å². The van der Waals surface area contributed by atoms with Gasteiger partial charge in [-0.05, 0) is 24.5 Å². The Labute approximate surface area is 94.5 Å². The van der Waals surface area contributed by atoms with Crippen molar-refractivity contribution < 1.29 is 9.53 Å². The van der Waals surface area contributed by atoms with Crippen LogP contribution in [0.4, 0.5) is 4.79 Å². The van der Waals surface area contributed by atoms with Crippen LogP contribution in [-0.2, 0) is 4.74 Å². The van der Waals surface area contributed by atoms with E-state index in [1.165, 1.54) is 7.11 Å². The predicted molar refractivity (Wildman–Crippen MR) is 59.6 cm³/mol. The van der Waals surface area contributed by atoms with Crippen LogP contribution in [0.3, 0.4) is 0 Å². The summed E-state index contributed by atoms with van der Waals surface area (Å²) in [5, 5.41) is 0. The van der Waals surface area contributed by atoms with Gasteiger partial charge in [0, 0.05) is 18.6 Å². The van der Waals surface area contributed by atoms with Crippen molar-refractivity contribution >= 4 is 6.09 Å². The minimum atomic E-state index is -0.329. The molecule has 0 spiro atoms. The maximum atomic E-state index is 11.6. The topological polar surface area (TPSA) is 42.4 Å². The molecule has 0 saturated carbocycles. The number of carbonyl (C=O) groups excluding carboxylic acids is 1. The fourth-order valence-corrected chi connectivity index (χ4v) is 1.88. The van der Waals surface area contributed by atoms with E-state index in [0.717, 1.165) is 18.4 Å². The van der Waals surface area contributed by atoms with Gasteiger partial charge < -0.3 is 4.74 Å². The first-order valence-electron chi connectivity index (χ1n) is 5.26. The van der Waals surface area contributed by atoms with E-state index in [0.29, 0.717) is 0 Å². The number of rotatable bonds is 1. The summed E-state index contributed by atoms with van der Waals surface area (Å²) >= 11 is 0. The largest absolute Gasteiger partial charge is 0.452 e. The minimum Gasteiger partial charge on any atom is -0.452 e. The zero-order valence-electron chi connectivity index (χ0n) is 9.17. The molecule has 0 radical (unpaired) electrons. The van der Waals surface area contributed by atoms with Crippen LogP contribution in [0.2, 0.25) is 0 Å². The normalized spacial score (nSPS) is 19.6. The molecule has 2 rings (SSSR count). The Balaban J connectivity index is 2.25. The molecule has 0 N–H and O–H groups in total. The van der Waals surface area contributed by atoms with Crippen LogP contribution < -0.4 is 0 Å². The summed E-state index contributed by atoms with van der Waals surface area (Å²) in [4.78, 5) is 17.3. The lowest BCUT2D eigenvalue weighted by Gasteiger charge is -2.30. The van der Waals surface area contributed by atoms with Crippen LogP contribution >= 0.6 is 0 Å². The third-order valence-electron chi connectivity index (χ3n) is 2.66. The van der Waals surface area contributed by atoms with E-state index < -0.39 is 0 Å². The van der Waals surface area contributed by atoms with Crippen LogP contribution in [0, 0.1) is 0 Å². The second kappa shape index (κ2) is 4.79. The van der Waals surface area contributed by atoms with Crippen molar-refractivity contribution in [2.45, 2.75) is 18.9 Å².